The van der Waals surface area contributed by atoms with E-state index < -0.39 is 5.97 Å². The van der Waals surface area contributed by atoms with Gasteiger partial charge in [-0.3, -0.25) is 4.79 Å². The fourth-order valence-corrected chi connectivity index (χ4v) is 2.72. The summed E-state index contributed by atoms with van der Waals surface area (Å²) in [5.41, 5.74) is 2.32. The van der Waals surface area contributed by atoms with Crippen molar-refractivity contribution in [1.82, 2.24) is 9.88 Å². The zero-order valence-corrected chi connectivity index (χ0v) is 14.2. The molecule has 0 spiro atoms. The molecule has 3 rings (SSSR count). The first-order valence-electron chi connectivity index (χ1n) is 8.12. The van der Waals surface area contributed by atoms with E-state index in [1.54, 1.807) is 18.1 Å². The number of carbonyl (C=O) groups is 2. The number of amides is 1. The number of benzene rings is 2. The number of aromatic nitrogens is 1. The van der Waals surface area contributed by atoms with Crippen molar-refractivity contribution >= 4 is 22.8 Å². The van der Waals surface area contributed by atoms with Crippen LogP contribution in [0.5, 0.6) is 0 Å². The van der Waals surface area contributed by atoms with Crippen LogP contribution in [0.2, 0.25) is 0 Å². The minimum absolute atomic E-state index is 0.0968. The summed E-state index contributed by atoms with van der Waals surface area (Å²) in [5, 5.41) is 0.783. The van der Waals surface area contributed by atoms with Crippen LogP contribution >= 0.6 is 0 Å². The fraction of sp³-hybridized carbons (Fsp3) is 0.200. The van der Waals surface area contributed by atoms with E-state index in [0.29, 0.717) is 5.56 Å². The van der Waals surface area contributed by atoms with Gasteiger partial charge < -0.3 is 14.6 Å². The maximum Gasteiger partial charge on any atom is 0.340 e. The van der Waals surface area contributed by atoms with Gasteiger partial charge in [0.25, 0.3) is 5.91 Å². The summed E-state index contributed by atoms with van der Waals surface area (Å²) in [4.78, 5) is 29.2. The molecule has 0 saturated carbocycles. The van der Waals surface area contributed by atoms with Crippen molar-refractivity contribution in [2.45, 2.75) is 13.0 Å². The van der Waals surface area contributed by atoms with Crippen molar-refractivity contribution in [3.05, 3.63) is 71.9 Å². The largest absolute Gasteiger partial charge is 0.452 e. The lowest BCUT2D eigenvalue weighted by Crippen LogP contribution is -2.33. The van der Waals surface area contributed by atoms with Gasteiger partial charge in [0.2, 0.25) is 0 Å². The van der Waals surface area contributed by atoms with E-state index in [-0.39, 0.29) is 18.6 Å². The van der Waals surface area contributed by atoms with Crippen molar-refractivity contribution < 1.29 is 14.3 Å². The van der Waals surface area contributed by atoms with Crippen LogP contribution in [-0.2, 0) is 9.53 Å². The lowest BCUT2D eigenvalue weighted by atomic mass is 10.1. The zero-order valence-electron chi connectivity index (χ0n) is 14.2. The number of hydrogen-bond donors (Lipinski definition) is 1. The van der Waals surface area contributed by atoms with Gasteiger partial charge in [-0.15, -0.1) is 0 Å². The zero-order chi connectivity index (χ0) is 17.8. The molecule has 0 bridgehead atoms. The highest BCUT2D eigenvalue weighted by atomic mass is 16.5. The Labute approximate surface area is 146 Å². The van der Waals surface area contributed by atoms with Crippen LogP contribution < -0.4 is 0 Å². The summed E-state index contributed by atoms with van der Waals surface area (Å²) >= 11 is 0. The van der Waals surface area contributed by atoms with Gasteiger partial charge in [0.15, 0.2) is 6.61 Å². The van der Waals surface area contributed by atoms with Crippen LogP contribution in [0.1, 0.15) is 28.9 Å². The quantitative estimate of drug-likeness (QED) is 0.725. The first-order chi connectivity index (χ1) is 12.1. The molecular formula is C20H20N2O3. The molecule has 1 amide bonds. The number of likely N-dealkylation sites (N-methyl/N-ethyl adjacent to an activating group) is 1. The van der Waals surface area contributed by atoms with Gasteiger partial charge >= 0.3 is 5.97 Å². The number of nitrogens with zero attached hydrogens (tertiary/aromatic N) is 1. The minimum Gasteiger partial charge on any atom is -0.452 e. The Morgan fingerprint density at radius 2 is 1.76 bits per heavy atom. The second-order valence-corrected chi connectivity index (χ2v) is 5.92. The molecule has 25 heavy (non-hydrogen) atoms. The molecule has 0 fully saturated rings. The van der Waals surface area contributed by atoms with Crippen molar-refractivity contribution in [1.29, 1.82) is 0 Å². The highest BCUT2D eigenvalue weighted by molar-refractivity contribution is 6.04. The summed E-state index contributed by atoms with van der Waals surface area (Å²) < 4.78 is 5.21. The Bertz CT molecular complexity index is 886. The highest BCUT2D eigenvalue weighted by Gasteiger charge is 2.20. The molecule has 128 valence electrons. The third-order valence-electron chi connectivity index (χ3n) is 4.39. The molecule has 1 N–H and O–H groups in total. The molecule has 3 aromatic rings. The predicted octanol–water partition coefficient (Wildman–Crippen LogP) is 3.54. The van der Waals surface area contributed by atoms with Gasteiger partial charge in [0, 0.05) is 24.1 Å². The number of carbonyl (C=O) groups excluding carboxylic acids is 2. The predicted molar refractivity (Wildman–Crippen MR) is 96.2 cm³/mol. The average molecular weight is 336 g/mol. The maximum atomic E-state index is 12.3. The van der Waals surface area contributed by atoms with Gasteiger partial charge in [0.05, 0.1) is 11.6 Å². The summed E-state index contributed by atoms with van der Waals surface area (Å²) in [6, 6.07) is 17.1. The number of aromatic amines is 1. The first-order valence-corrected chi connectivity index (χ1v) is 8.12. The molecule has 0 aliphatic heterocycles. The lowest BCUT2D eigenvalue weighted by molar-refractivity contribution is -0.135. The smallest absolute Gasteiger partial charge is 0.340 e. The molecular weight excluding hydrogens is 316 g/mol. The van der Waals surface area contributed by atoms with Crippen LogP contribution in [0.25, 0.3) is 10.9 Å². The normalized spacial score (nSPS) is 11.9. The van der Waals surface area contributed by atoms with E-state index >= 15 is 0 Å². The second-order valence-electron chi connectivity index (χ2n) is 5.92. The van der Waals surface area contributed by atoms with Crippen LogP contribution in [0.3, 0.4) is 0 Å². The van der Waals surface area contributed by atoms with Crippen LogP contribution in [0.4, 0.5) is 0 Å². The molecule has 2 aromatic carbocycles. The Kier molecular flexibility index (Phi) is 4.84. The minimum atomic E-state index is -0.508. The van der Waals surface area contributed by atoms with Gasteiger partial charge in [-0.2, -0.15) is 0 Å². The summed E-state index contributed by atoms with van der Waals surface area (Å²) in [6.07, 6.45) is 1.60. The Balaban J connectivity index is 1.62. The van der Waals surface area contributed by atoms with E-state index in [1.165, 1.54) is 0 Å². The van der Waals surface area contributed by atoms with Crippen LogP contribution in [-0.4, -0.2) is 35.4 Å². The van der Waals surface area contributed by atoms with Crippen molar-refractivity contribution in [3.8, 4) is 0 Å². The maximum absolute atomic E-state index is 12.3. The molecule has 1 atom stereocenters. The van der Waals surface area contributed by atoms with Crippen molar-refractivity contribution in [2.24, 2.45) is 0 Å². The molecule has 0 saturated heterocycles. The Hall–Kier alpha value is -3.08. The number of H-pyrrole nitrogens is 1. The van der Waals surface area contributed by atoms with Gasteiger partial charge in [-0.25, -0.2) is 4.79 Å². The Morgan fingerprint density at radius 1 is 1.08 bits per heavy atom. The highest BCUT2D eigenvalue weighted by Crippen LogP contribution is 2.20. The molecule has 5 heteroatoms. The standard InChI is InChI=1S/C20H20N2O3/c1-14(15-8-4-3-5-9-15)22(2)19(23)13-25-20(24)17-12-21-18-11-7-6-10-16(17)18/h3-12,14,21H,13H2,1-2H3. The monoisotopic (exact) mass is 336 g/mol. The third-order valence-corrected chi connectivity index (χ3v) is 4.39. The summed E-state index contributed by atoms with van der Waals surface area (Å²) in [7, 11) is 1.71. The van der Waals surface area contributed by atoms with E-state index in [1.807, 2.05) is 61.5 Å². The SMILES string of the molecule is CC(c1ccccc1)N(C)C(=O)COC(=O)c1c[nH]c2ccccc12. The molecule has 1 aromatic heterocycles. The number of fused-ring (bicyclic) bond motifs is 1. The van der Waals surface area contributed by atoms with E-state index in [4.69, 9.17) is 4.74 Å². The van der Waals surface area contributed by atoms with Gasteiger partial charge in [0.1, 0.15) is 0 Å². The summed E-state index contributed by atoms with van der Waals surface area (Å²) in [6.45, 7) is 1.65. The molecule has 0 aliphatic rings. The molecule has 0 aliphatic carbocycles. The van der Waals surface area contributed by atoms with Crippen LogP contribution in [0.15, 0.2) is 60.8 Å². The fourth-order valence-electron chi connectivity index (χ4n) is 2.72. The number of para-hydroxylation sites is 1. The Morgan fingerprint density at radius 3 is 2.52 bits per heavy atom. The molecule has 1 heterocycles. The number of rotatable bonds is 5. The van der Waals surface area contributed by atoms with E-state index in [2.05, 4.69) is 4.98 Å². The lowest BCUT2D eigenvalue weighted by Gasteiger charge is -2.25. The second kappa shape index (κ2) is 7.21. The third kappa shape index (κ3) is 3.55. The summed E-state index contributed by atoms with van der Waals surface area (Å²) in [5.74, 6) is -0.754. The number of nitrogens with one attached hydrogen (secondary N) is 1. The molecule has 5 nitrogen and oxygen atoms in total. The van der Waals surface area contributed by atoms with E-state index in [9.17, 15) is 9.59 Å². The van der Waals surface area contributed by atoms with Crippen LogP contribution in [0, 0.1) is 0 Å². The van der Waals surface area contributed by atoms with Gasteiger partial charge in [-0.05, 0) is 18.6 Å². The molecule has 1 unspecified atom stereocenters. The average Bonchev–Trinajstić information content (AvgIpc) is 3.09. The first kappa shape index (κ1) is 16.8. The molecule has 0 radical (unpaired) electrons. The van der Waals surface area contributed by atoms with Crippen molar-refractivity contribution in [2.75, 3.05) is 13.7 Å². The van der Waals surface area contributed by atoms with E-state index in [0.717, 1.165) is 16.5 Å². The van der Waals surface area contributed by atoms with Gasteiger partial charge in [-0.1, -0.05) is 48.5 Å². The van der Waals surface area contributed by atoms with Crippen molar-refractivity contribution in [3.63, 3.8) is 0 Å². The number of ether oxygens (including phenoxy) is 1. The topological polar surface area (TPSA) is 62.4 Å². The number of esters is 1. The number of hydrogen-bond acceptors (Lipinski definition) is 3.